The van der Waals surface area contributed by atoms with Gasteiger partial charge in [-0.15, -0.1) is 0 Å². The molecule has 1 atom stereocenters. The highest BCUT2D eigenvalue weighted by Gasteiger charge is 2.62. The molecule has 142 valence electrons. The normalized spacial score (nSPS) is 25.8. The summed E-state index contributed by atoms with van der Waals surface area (Å²) in [6, 6.07) is 7.74. The van der Waals surface area contributed by atoms with E-state index in [0.29, 0.717) is 18.4 Å². The summed E-state index contributed by atoms with van der Waals surface area (Å²) in [5, 5.41) is 0. The van der Waals surface area contributed by atoms with Gasteiger partial charge in [0, 0.05) is 13.1 Å². The predicted octanol–water partition coefficient (Wildman–Crippen LogP) is 3.74. The first-order valence-corrected chi connectivity index (χ1v) is 9.34. The van der Waals surface area contributed by atoms with Gasteiger partial charge in [0.1, 0.15) is 5.75 Å². The highest BCUT2D eigenvalue weighted by molar-refractivity contribution is 5.90. The van der Waals surface area contributed by atoms with E-state index >= 15 is 0 Å². The number of rotatable bonds is 5. The van der Waals surface area contributed by atoms with E-state index in [4.69, 9.17) is 4.74 Å². The lowest BCUT2D eigenvalue weighted by Gasteiger charge is -2.61. The molecule has 4 rings (SSSR count). The average molecular weight is 365 g/mol. The standard InChI is InChI=1S/C20H25F2NO3/c1-25-15-5-3-14(4-6-15)20(12-19(13-20)8-2-9-19)17(24)23-10-7-16(11-23)26-18(21)22/h3-6,16,18H,2,7-13H2,1H3/t16-/m0/s1. The van der Waals surface area contributed by atoms with Crippen molar-refractivity contribution in [3.8, 4) is 5.75 Å². The van der Waals surface area contributed by atoms with Crippen LogP contribution in [0.1, 0.15) is 44.1 Å². The van der Waals surface area contributed by atoms with Crippen molar-refractivity contribution in [1.82, 2.24) is 4.90 Å². The van der Waals surface area contributed by atoms with Gasteiger partial charge in [-0.1, -0.05) is 18.6 Å². The number of halogens is 2. The first-order chi connectivity index (χ1) is 12.5. The number of likely N-dealkylation sites (tertiary alicyclic amines) is 1. The van der Waals surface area contributed by atoms with E-state index < -0.39 is 18.1 Å². The topological polar surface area (TPSA) is 38.8 Å². The Kier molecular flexibility index (Phi) is 4.41. The van der Waals surface area contributed by atoms with E-state index in [1.54, 1.807) is 12.0 Å². The third kappa shape index (κ3) is 2.88. The zero-order valence-electron chi connectivity index (χ0n) is 15.0. The van der Waals surface area contributed by atoms with Crippen molar-refractivity contribution in [2.24, 2.45) is 5.41 Å². The van der Waals surface area contributed by atoms with Crippen molar-refractivity contribution < 1.29 is 23.0 Å². The van der Waals surface area contributed by atoms with Gasteiger partial charge in [0.15, 0.2) is 0 Å². The summed E-state index contributed by atoms with van der Waals surface area (Å²) in [7, 11) is 1.62. The molecule has 6 heteroatoms. The molecule has 1 amide bonds. The highest BCUT2D eigenvalue weighted by Crippen LogP contribution is 2.65. The molecular formula is C20H25F2NO3. The molecule has 1 heterocycles. The smallest absolute Gasteiger partial charge is 0.345 e. The lowest BCUT2D eigenvalue weighted by Crippen LogP contribution is -2.60. The van der Waals surface area contributed by atoms with Crippen LogP contribution in [0.15, 0.2) is 24.3 Å². The van der Waals surface area contributed by atoms with Gasteiger partial charge in [0.25, 0.3) is 0 Å². The molecule has 2 saturated carbocycles. The van der Waals surface area contributed by atoms with Gasteiger partial charge in [-0.2, -0.15) is 8.78 Å². The summed E-state index contributed by atoms with van der Waals surface area (Å²) in [5.41, 5.74) is 0.805. The van der Waals surface area contributed by atoms with Gasteiger partial charge in [-0.3, -0.25) is 4.79 Å². The number of methoxy groups -OCH3 is 1. The zero-order chi connectivity index (χ0) is 18.4. The number of amides is 1. The molecule has 3 fully saturated rings. The minimum atomic E-state index is -2.78. The fourth-order valence-corrected chi connectivity index (χ4v) is 5.12. The lowest BCUT2D eigenvalue weighted by molar-refractivity contribution is -0.164. The zero-order valence-corrected chi connectivity index (χ0v) is 15.0. The van der Waals surface area contributed by atoms with E-state index in [1.807, 2.05) is 24.3 Å². The minimum Gasteiger partial charge on any atom is -0.497 e. The molecule has 0 radical (unpaired) electrons. The monoisotopic (exact) mass is 365 g/mol. The van der Waals surface area contributed by atoms with Gasteiger partial charge in [0.2, 0.25) is 5.91 Å². The second-order valence-corrected chi connectivity index (χ2v) is 8.08. The number of hydrogen-bond acceptors (Lipinski definition) is 3. The largest absolute Gasteiger partial charge is 0.497 e. The van der Waals surface area contributed by atoms with Gasteiger partial charge in [-0.05, 0) is 55.2 Å². The van der Waals surface area contributed by atoms with Crippen LogP contribution in [0.4, 0.5) is 8.78 Å². The molecule has 0 unspecified atom stereocenters. The third-order valence-corrected chi connectivity index (χ3v) is 6.55. The van der Waals surface area contributed by atoms with Crippen molar-refractivity contribution in [3.63, 3.8) is 0 Å². The van der Waals surface area contributed by atoms with Crippen molar-refractivity contribution in [2.45, 2.75) is 56.7 Å². The van der Waals surface area contributed by atoms with E-state index in [1.165, 1.54) is 19.3 Å². The molecule has 1 aromatic carbocycles. The highest BCUT2D eigenvalue weighted by atomic mass is 19.3. The molecule has 0 bridgehead atoms. The van der Waals surface area contributed by atoms with Crippen molar-refractivity contribution in [2.75, 3.05) is 20.2 Å². The average Bonchev–Trinajstić information content (AvgIpc) is 3.00. The van der Waals surface area contributed by atoms with Crippen LogP contribution in [0.2, 0.25) is 0 Å². The number of carbonyl (C=O) groups excluding carboxylic acids is 1. The second kappa shape index (κ2) is 6.48. The van der Waals surface area contributed by atoms with Crippen LogP contribution in [0.5, 0.6) is 5.75 Å². The van der Waals surface area contributed by atoms with E-state index in [9.17, 15) is 13.6 Å². The van der Waals surface area contributed by atoms with Crippen molar-refractivity contribution in [3.05, 3.63) is 29.8 Å². The van der Waals surface area contributed by atoms with E-state index in [2.05, 4.69) is 4.74 Å². The maximum Gasteiger partial charge on any atom is 0.345 e. The number of carbonyl (C=O) groups is 1. The van der Waals surface area contributed by atoms with Gasteiger partial charge in [0.05, 0.1) is 18.6 Å². The molecule has 0 aromatic heterocycles. The Labute approximate surface area is 152 Å². The number of hydrogen-bond donors (Lipinski definition) is 0. The molecule has 1 saturated heterocycles. The molecular weight excluding hydrogens is 340 g/mol. The van der Waals surface area contributed by atoms with E-state index in [-0.39, 0.29) is 12.5 Å². The second-order valence-electron chi connectivity index (χ2n) is 8.08. The van der Waals surface area contributed by atoms with Gasteiger partial charge in [-0.25, -0.2) is 0 Å². The number of ether oxygens (including phenoxy) is 2. The van der Waals surface area contributed by atoms with Crippen molar-refractivity contribution in [1.29, 1.82) is 0 Å². The number of nitrogens with zero attached hydrogens (tertiary/aromatic N) is 1. The summed E-state index contributed by atoms with van der Waals surface area (Å²) in [5.74, 6) is 0.834. The molecule has 1 aliphatic heterocycles. The first-order valence-electron chi connectivity index (χ1n) is 9.34. The van der Waals surface area contributed by atoms with Crippen LogP contribution < -0.4 is 4.74 Å². The molecule has 0 N–H and O–H groups in total. The molecule has 1 spiro atoms. The molecule has 26 heavy (non-hydrogen) atoms. The third-order valence-electron chi connectivity index (χ3n) is 6.55. The maximum atomic E-state index is 13.4. The Morgan fingerprint density at radius 2 is 1.92 bits per heavy atom. The summed E-state index contributed by atoms with van der Waals surface area (Å²) in [4.78, 5) is 15.1. The summed E-state index contributed by atoms with van der Waals surface area (Å²) in [6.45, 7) is -2.04. The minimum absolute atomic E-state index is 0.0700. The Morgan fingerprint density at radius 3 is 2.46 bits per heavy atom. The van der Waals surface area contributed by atoms with Crippen LogP contribution in [-0.4, -0.2) is 43.7 Å². The molecule has 4 nitrogen and oxygen atoms in total. The summed E-state index contributed by atoms with van der Waals surface area (Å²) < 4.78 is 34.8. The molecule has 2 aliphatic carbocycles. The Hall–Kier alpha value is -1.69. The van der Waals surface area contributed by atoms with Crippen LogP contribution in [-0.2, 0) is 14.9 Å². The Bertz CT molecular complexity index is 664. The molecule has 1 aromatic rings. The predicted molar refractivity (Wildman–Crippen MR) is 92.3 cm³/mol. The van der Waals surface area contributed by atoms with Crippen LogP contribution >= 0.6 is 0 Å². The maximum absolute atomic E-state index is 13.4. The van der Waals surface area contributed by atoms with E-state index in [0.717, 1.165) is 24.2 Å². The SMILES string of the molecule is COc1ccc(C2(C(=O)N3CC[C@H](OC(F)F)C3)CC3(CCC3)C2)cc1. The Balaban J connectivity index is 1.55. The quantitative estimate of drug-likeness (QED) is 0.798. The number of benzene rings is 1. The first kappa shape index (κ1) is 17.7. The number of alkyl halides is 2. The summed E-state index contributed by atoms with van der Waals surface area (Å²) in [6.07, 6.45) is 5.25. The Morgan fingerprint density at radius 1 is 1.23 bits per heavy atom. The van der Waals surface area contributed by atoms with Crippen LogP contribution in [0.3, 0.4) is 0 Å². The van der Waals surface area contributed by atoms with Crippen molar-refractivity contribution >= 4 is 5.91 Å². The van der Waals surface area contributed by atoms with Gasteiger partial charge < -0.3 is 14.4 Å². The fourth-order valence-electron chi connectivity index (χ4n) is 5.12. The summed E-state index contributed by atoms with van der Waals surface area (Å²) >= 11 is 0. The molecule has 3 aliphatic rings. The lowest BCUT2D eigenvalue weighted by atomic mass is 9.43. The van der Waals surface area contributed by atoms with Gasteiger partial charge >= 0.3 is 6.61 Å². The van der Waals surface area contributed by atoms with Crippen LogP contribution in [0, 0.1) is 5.41 Å². The fraction of sp³-hybridized carbons (Fsp3) is 0.650. The van der Waals surface area contributed by atoms with Crippen LogP contribution in [0.25, 0.3) is 0 Å².